The number of anilines is 1. The number of amides is 1. The van der Waals surface area contributed by atoms with E-state index in [0.717, 1.165) is 17.3 Å². The monoisotopic (exact) mass is 446 g/mol. The molecule has 4 aromatic rings. The number of aromatic nitrogens is 2. The van der Waals surface area contributed by atoms with Crippen molar-refractivity contribution in [3.8, 4) is 5.69 Å². The normalized spacial score (nSPS) is 10.8. The first kappa shape index (κ1) is 21.3. The van der Waals surface area contributed by atoms with Gasteiger partial charge in [-0.2, -0.15) is 0 Å². The molecule has 0 spiro atoms. The number of hydrogen-bond acceptors (Lipinski definition) is 6. The average molecular weight is 446 g/mol. The molecule has 0 unspecified atom stereocenters. The Bertz CT molecular complexity index is 1380. The molecule has 32 heavy (non-hydrogen) atoms. The molecule has 0 saturated carbocycles. The summed E-state index contributed by atoms with van der Waals surface area (Å²) in [7, 11) is 0. The van der Waals surface area contributed by atoms with Gasteiger partial charge in [0.2, 0.25) is 5.91 Å². The van der Waals surface area contributed by atoms with Gasteiger partial charge in [-0.3, -0.25) is 24.3 Å². The molecule has 0 saturated heterocycles. The maximum absolute atomic E-state index is 13.2. The molecule has 160 valence electrons. The van der Waals surface area contributed by atoms with Crippen LogP contribution in [0.3, 0.4) is 0 Å². The Labute approximate surface area is 187 Å². The first-order chi connectivity index (χ1) is 15.4. The zero-order valence-electron chi connectivity index (χ0n) is 17.0. The quantitative estimate of drug-likeness (QED) is 0.204. The summed E-state index contributed by atoms with van der Waals surface area (Å²) in [6.07, 6.45) is 0. The van der Waals surface area contributed by atoms with E-state index in [9.17, 15) is 19.7 Å². The van der Waals surface area contributed by atoms with Crippen molar-refractivity contribution in [3.63, 3.8) is 0 Å². The molecule has 4 rings (SSSR count). The third-order valence-corrected chi connectivity index (χ3v) is 5.68. The predicted molar refractivity (Wildman–Crippen MR) is 125 cm³/mol. The Kier molecular flexibility index (Phi) is 6.00. The van der Waals surface area contributed by atoms with Gasteiger partial charge in [0.15, 0.2) is 5.16 Å². The van der Waals surface area contributed by atoms with Crippen molar-refractivity contribution in [2.45, 2.75) is 12.1 Å². The number of nitro benzene ring substituents is 1. The molecule has 0 atom stereocenters. The fourth-order valence-corrected chi connectivity index (χ4v) is 4.00. The van der Waals surface area contributed by atoms with Gasteiger partial charge in [0.05, 0.1) is 27.3 Å². The largest absolute Gasteiger partial charge is 0.320 e. The predicted octanol–water partition coefficient (Wildman–Crippen LogP) is 4.33. The standard InChI is InChI=1S/C23H18N4O4S/c1-15-10-12-16(13-11-15)26-22(29)17-6-2-3-7-18(17)25-23(26)32-14-21(28)24-19-8-4-5-9-20(19)27(30)31/h2-13H,14H2,1H3,(H,24,28). The third kappa shape index (κ3) is 4.37. The fraction of sp³-hybridized carbons (Fsp3) is 0.0870. The number of aryl methyl sites for hydroxylation is 1. The first-order valence-electron chi connectivity index (χ1n) is 9.69. The highest BCUT2D eigenvalue weighted by Crippen LogP contribution is 2.25. The zero-order chi connectivity index (χ0) is 22.7. The van der Waals surface area contributed by atoms with E-state index >= 15 is 0 Å². The van der Waals surface area contributed by atoms with Gasteiger partial charge in [0.1, 0.15) is 5.69 Å². The lowest BCUT2D eigenvalue weighted by atomic mass is 10.2. The Morgan fingerprint density at radius 3 is 2.50 bits per heavy atom. The molecule has 1 amide bonds. The van der Waals surface area contributed by atoms with Crippen molar-refractivity contribution in [1.82, 2.24) is 9.55 Å². The number of nitro groups is 1. The maximum Gasteiger partial charge on any atom is 0.292 e. The number of benzene rings is 3. The number of nitrogens with zero attached hydrogens (tertiary/aromatic N) is 3. The lowest BCUT2D eigenvalue weighted by Crippen LogP contribution is -2.23. The van der Waals surface area contributed by atoms with Gasteiger partial charge >= 0.3 is 0 Å². The summed E-state index contributed by atoms with van der Waals surface area (Å²) in [5.41, 5.74) is 1.91. The number of carbonyl (C=O) groups is 1. The summed E-state index contributed by atoms with van der Waals surface area (Å²) in [5.74, 6) is -0.523. The molecule has 8 nitrogen and oxygen atoms in total. The van der Waals surface area contributed by atoms with Crippen LogP contribution < -0.4 is 10.9 Å². The third-order valence-electron chi connectivity index (χ3n) is 4.74. The highest BCUT2D eigenvalue weighted by molar-refractivity contribution is 7.99. The lowest BCUT2D eigenvalue weighted by Gasteiger charge is -2.13. The number of hydrogen-bond donors (Lipinski definition) is 1. The molecular weight excluding hydrogens is 428 g/mol. The topological polar surface area (TPSA) is 107 Å². The average Bonchev–Trinajstić information content (AvgIpc) is 2.79. The fourth-order valence-electron chi connectivity index (χ4n) is 3.19. The molecule has 1 heterocycles. The summed E-state index contributed by atoms with van der Waals surface area (Å²) in [4.78, 5) is 41.0. The van der Waals surface area contributed by atoms with Crippen LogP contribution in [-0.2, 0) is 4.79 Å². The number of para-hydroxylation sites is 3. The summed E-state index contributed by atoms with van der Waals surface area (Å²) < 4.78 is 1.48. The smallest absolute Gasteiger partial charge is 0.292 e. The minimum Gasteiger partial charge on any atom is -0.320 e. The Morgan fingerprint density at radius 1 is 1.06 bits per heavy atom. The summed E-state index contributed by atoms with van der Waals surface area (Å²) in [6, 6.07) is 20.4. The number of thioether (sulfide) groups is 1. The van der Waals surface area contributed by atoms with E-state index < -0.39 is 10.8 Å². The van der Waals surface area contributed by atoms with Crippen LogP contribution in [0.5, 0.6) is 0 Å². The van der Waals surface area contributed by atoms with Crippen LogP contribution in [0.25, 0.3) is 16.6 Å². The van der Waals surface area contributed by atoms with Crippen LogP contribution in [-0.4, -0.2) is 26.1 Å². The van der Waals surface area contributed by atoms with Crippen LogP contribution in [0.1, 0.15) is 5.56 Å². The van der Waals surface area contributed by atoms with Crippen molar-refractivity contribution >= 4 is 39.9 Å². The molecule has 0 aliphatic heterocycles. The number of nitrogens with one attached hydrogen (secondary N) is 1. The second kappa shape index (κ2) is 9.03. The Hall–Kier alpha value is -3.98. The van der Waals surface area contributed by atoms with Crippen molar-refractivity contribution in [2.24, 2.45) is 0 Å². The van der Waals surface area contributed by atoms with Gasteiger partial charge in [-0.15, -0.1) is 0 Å². The van der Waals surface area contributed by atoms with E-state index in [4.69, 9.17) is 0 Å². The van der Waals surface area contributed by atoms with Gasteiger partial charge in [-0.05, 0) is 37.3 Å². The van der Waals surface area contributed by atoms with Gasteiger partial charge in [0.25, 0.3) is 11.2 Å². The van der Waals surface area contributed by atoms with Gasteiger partial charge in [-0.25, -0.2) is 4.98 Å². The number of fused-ring (bicyclic) bond motifs is 1. The van der Waals surface area contributed by atoms with E-state index in [1.54, 1.807) is 30.3 Å². The van der Waals surface area contributed by atoms with E-state index in [2.05, 4.69) is 10.3 Å². The molecule has 0 radical (unpaired) electrons. The highest BCUT2D eigenvalue weighted by atomic mass is 32.2. The SMILES string of the molecule is Cc1ccc(-n2c(SCC(=O)Nc3ccccc3[N+](=O)[O-])nc3ccccc3c2=O)cc1. The summed E-state index contributed by atoms with van der Waals surface area (Å²) in [5, 5.41) is 14.6. The van der Waals surface area contributed by atoms with Gasteiger partial charge in [-0.1, -0.05) is 53.7 Å². The Morgan fingerprint density at radius 2 is 1.75 bits per heavy atom. The van der Waals surface area contributed by atoms with Crippen LogP contribution in [0, 0.1) is 17.0 Å². The lowest BCUT2D eigenvalue weighted by molar-refractivity contribution is -0.383. The van der Waals surface area contributed by atoms with E-state index in [1.807, 2.05) is 31.2 Å². The van der Waals surface area contributed by atoms with Crippen LogP contribution in [0.4, 0.5) is 11.4 Å². The van der Waals surface area contributed by atoms with Gasteiger partial charge in [0, 0.05) is 6.07 Å². The first-order valence-corrected chi connectivity index (χ1v) is 10.7. The van der Waals surface area contributed by atoms with Crippen LogP contribution in [0.15, 0.2) is 82.7 Å². The molecule has 1 N–H and O–H groups in total. The second-order valence-electron chi connectivity index (χ2n) is 7.00. The van der Waals surface area contributed by atoms with E-state index in [1.165, 1.54) is 22.8 Å². The van der Waals surface area contributed by atoms with E-state index in [0.29, 0.717) is 21.7 Å². The highest BCUT2D eigenvalue weighted by Gasteiger charge is 2.17. The molecule has 3 aromatic carbocycles. The molecule has 0 bridgehead atoms. The summed E-state index contributed by atoms with van der Waals surface area (Å²) >= 11 is 1.09. The van der Waals surface area contributed by atoms with Crippen LogP contribution in [0.2, 0.25) is 0 Å². The minimum absolute atomic E-state index is 0.0807. The van der Waals surface area contributed by atoms with Gasteiger partial charge < -0.3 is 5.32 Å². The van der Waals surface area contributed by atoms with Crippen molar-refractivity contribution in [3.05, 3.63) is 98.8 Å². The molecular formula is C23H18N4O4S. The summed E-state index contributed by atoms with van der Waals surface area (Å²) in [6.45, 7) is 1.95. The molecule has 0 aliphatic carbocycles. The van der Waals surface area contributed by atoms with Crippen molar-refractivity contribution < 1.29 is 9.72 Å². The number of carbonyl (C=O) groups excluding carboxylic acids is 1. The zero-order valence-corrected chi connectivity index (χ0v) is 17.8. The van der Waals surface area contributed by atoms with Crippen LogP contribution >= 0.6 is 11.8 Å². The molecule has 9 heteroatoms. The molecule has 1 aromatic heterocycles. The Balaban J connectivity index is 1.66. The van der Waals surface area contributed by atoms with E-state index in [-0.39, 0.29) is 22.7 Å². The number of rotatable bonds is 6. The maximum atomic E-state index is 13.2. The van der Waals surface area contributed by atoms with Crippen molar-refractivity contribution in [2.75, 3.05) is 11.1 Å². The molecule has 0 fully saturated rings. The molecule has 0 aliphatic rings. The van der Waals surface area contributed by atoms with Crippen molar-refractivity contribution in [1.29, 1.82) is 0 Å². The second-order valence-corrected chi connectivity index (χ2v) is 7.94. The minimum atomic E-state index is -0.553.